The number of carbonyl (C=O) groups excluding carboxylic acids is 1. The number of benzene rings is 1. The van der Waals surface area contributed by atoms with Crippen molar-refractivity contribution in [1.82, 2.24) is 14.4 Å². The van der Waals surface area contributed by atoms with Gasteiger partial charge in [0.15, 0.2) is 0 Å². The van der Waals surface area contributed by atoms with Gasteiger partial charge in [0.05, 0.1) is 4.92 Å². The van der Waals surface area contributed by atoms with E-state index in [1.807, 2.05) is 6.07 Å². The summed E-state index contributed by atoms with van der Waals surface area (Å²) < 4.78 is 1.42. The van der Waals surface area contributed by atoms with Gasteiger partial charge < -0.3 is 9.47 Å². The lowest BCUT2D eigenvalue weighted by molar-refractivity contribution is -0.384. The molecule has 1 aromatic heterocycles. The van der Waals surface area contributed by atoms with Crippen LogP contribution in [-0.2, 0) is 13.6 Å². The standard InChI is InChI=1S/C18H20N4O4/c1-19-6-5-15(12-17(19)23)18(24)21-9-7-20(8-10-21)13-14-3-2-4-16(11-14)22(25)26/h2-6,11-12H,7-10,13H2,1H3. The van der Waals surface area contributed by atoms with Crippen LogP contribution >= 0.6 is 0 Å². The van der Waals surface area contributed by atoms with Crippen molar-refractivity contribution in [1.29, 1.82) is 0 Å². The molecule has 1 aliphatic heterocycles. The molecule has 2 heterocycles. The second-order valence-corrected chi connectivity index (χ2v) is 6.36. The first-order valence-corrected chi connectivity index (χ1v) is 8.36. The number of aryl methyl sites for hydroxylation is 1. The van der Waals surface area contributed by atoms with Crippen LogP contribution in [0.25, 0.3) is 0 Å². The molecule has 8 heteroatoms. The van der Waals surface area contributed by atoms with Crippen LogP contribution in [0.1, 0.15) is 15.9 Å². The van der Waals surface area contributed by atoms with E-state index in [1.54, 1.807) is 36.3 Å². The van der Waals surface area contributed by atoms with Crippen LogP contribution in [0.15, 0.2) is 47.4 Å². The molecule has 8 nitrogen and oxygen atoms in total. The predicted molar refractivity (Wildman–Crippen MR) is 96.0 cm³/mol. The number of nitro benzene ring substituents is 1. The topological polar surface area (TPSA) is 88.7 Å². The van der Waals surface area contributed by atoms with Crippen LogP contribution in [0.2, 0.25) is 0 Å². The van der Waals surface area contributed by atoms with Crippen LogP contribution in [0.5, 0.6) is 0 Å². The Labute approximate surface area is 150 Å². The number of non-ortho nitro benzene ring substituents is 1. The van der Waals surface area contributed by atoms with Gasteiger partial charge in [-0.1, -0.05) is 12.1 Å². The zero-order valence-electron chi connectivity index (χ0n) is 14.5. The van der Waals surface area contributed by atoms with Crippen molar-refractivity contribution in [2.45, 2.75) is 6.54 Å². The maximum atomic E-state index is 12.5. The maximum absolute atomic E-state index is 12.5. The normalized spacial score (nSPS) is 15.0. The second-order valence-electron chi connectivity index (χ2n) is 6.36. The summed E-state index contributed by atoms with van der Waals surface area (Å²) in [6.07, 6.45) is 1.59. The Hall–Kier alpha value is -3.00. The minimum atomic E-state index is -0.399. The van der Waals surface area contributed by atoms with Gasteiger partial charge in [-0.2, -0.15) is 0 Å². The van der Waals surface area contributed by atoms with Gasteiger partial charge >= 0.3 is 0 Å². The van der Waals surface area contributed by atoms with Gasteiger partial charge in [0.2, 0.25) is 0 Å². The van der Waals surface area contributed by atoms with Crippen molar-refractivity contribution in [3.8, 4) is 0 Å². The Bertz CT molecular complexity index is 885. The van der Waals surface area contributed by atoms with E-state index in [1.165, 1.54) is 16.7 Å². The van der Waals surface area contributed by atoms with Crippen molar-refractivity contribution in [3.05, 3.63) is 74.2 Å². The van der Waals surface area contributed by atoms with Gasteiger partial charge in [-0.15, -0.1) is 0 Å². The van der Waals surface area contributed by atoms with E-state index in [-0.39, 0.29) is 17.2 Å². The summed E-state index contributed by atoms with van der Waals surface area (Å²) in [5.74, 6) is -0.141. The van der Waals surface area contributed by atoms with Crippen LogP contribution in [0, 0.1) is 10.1 Å². The molecule has 0 aliphatic carbocycles. The van der Waals surface area contributed by atoms with E-state index >= 15 is 0 Å². The lowest BCUT2D eigenvalue weighted by Crippen LogP contribution is -2.48. The Morgan fingerprint density at radius 2 is 1.88 bits per heavy atom. The number of nitro groups is 1. The van der Waals surface area contributed by atoms with Crippen LogP contribution in [0.3, 0.4) is 0 Å². The third-order valence-electron chi connectivity index (χ3n) is 4.54. The highest BCUT2D eigenvalue weighted by atomic mass is 16.6. The molecule has 0 N–H and O–H groups in total. The molecule has 1 fully saturated rings. The summed E-state index contributed by atoms with van der Waals surface area (Å²) in [4.78, 5) is 38.6. The molecule has 3 rings (SSSR count). The summed E-state index contributed by atoms with van der Waals surface area (Å²) in [6.45, 7) is 3.08. The summed E-state index contributed by atoms with van der Waals surface area (Å²) >= 11 is 0. The monoisotopic (exact) mass is 356 g/mol. The number of piperazine rings is 1. The highest BCUT2D eigenvalue weighted by Gasteiger charge is 2.22. The largest absolute Gasteiger partial charge is 0.336 e. The van der Waals surface area contributed by atoms with E-state index in [9.17, 15) is 19.7 Å². The Balaban J connectivity index is 1.59. The van der Waals surface area contributed by atoms with Crippen molar-refractivity contribution in [2.24, 2.45) is 7.05 Å². The van der Waals surface area contributed by atoms with E-state index in [0.717, 1.165) is 5.56 Å². The maximum Gasteiger partial charge on any atom is 0.269 e. The van der Waals surface area contributed by atoms with Gasteiger partial charge in [-0.25, -0.2) is 0 Å². The molecule has 0 spiro atoms. The predicted octanol–water partition coefficient (Wildman–Crippen LogP) is 1.25. The lowest BCUT2D eigenvalue weighted by Gasteiger charge is -2.34. The van der Waals surface area contributed by atoms with Crippen molar-refractivity contribution >= 4 is 11.6 Å². The number of pyridine rings is 1. The summed E-state index contributed by atoms with van der Waals surface area (Å²) in [7, 11) is 1.64. The van der Waals surface area contributed by atoms with E-state index in [4.69, 9.17) is 0 Å². The quantitative estimate of drug-likeness (QED) is 0.608. The number of nitrogens with zero attached hydrogens (tertiary/aromatic N) is 4. The van der Waals surface area contributed by atoms with Crippen LogP contribution < -0.4 is 5.56 Å². The first-order valence-electron chi connectivity index (χ1n) is 8.36. The second kappa shape index (κ2) is 7.49. The molecular weight excluding hydrogens is 336 g/mol. The summed E-state index contributed by atoms with van der Waals surface area (Å²) in [5.41, 5.74) is 1.16. The molecule has 0 bridgehead atoms. The molecule has 0 radical (unpaired) electrons. The molecule has 136 valence electrons. The third-order valence-corrected chi connectivity index (χ3v) is 4.54. The Kier molecular flexibility index (Phi) is 5.13. The molecular formula is C18H20N4O4. The summed E-state index contributed by atoms with van der Waals surface area (Å²) in [6, 6.07) is 9.62. The number of hydrogen-bond donors (Lipinski definition) is 0. The zero-order chi connectivity index (χ0) is 18.7. The SMILES string of the molecule is Cn1ccc(C(=O)N2CCN(Cc3cccc([N+](=O)[O-])c3)CC2)cc1=O. The van der Waals surface area contributed by atoms with Gasteiger partial charge in [0, 0.05) is 69.7 Å². The van der Waals surface area contributed by atoms with Crippen molar-refractivity contribution in [2.75, 3.05) is 26.2 Å². The van der Waals surface area contributed by atoms with Crippen molar-refractivity contribution < 1.29 is 9.72 Å². The minimum Gasteiger partial charge on any atom is -0.336 e. The van der Waals surface area contributed by atoms with Gasteiger partial charge in [0.1, 0.15) is 0 Å². The van der Waals surface area contributed by atoms with Gasteiger partial charge in [-0.3, -0.25) is 24.6 Å². The lowest BCUT2D eigenvalue weighted by atomic mass is 10.1. The highest BCUT2D eigenvalue weighted by molar-refractivity contribution is 5.94. The third kappa shape index (κ3) is 3.97. The summed E-state index contributed by atoms with van der Waals surface area (Å²) in [5, 5.41) is 10.9. The van der Waals surface area contributed by atoms with Crippen LogP contribution in [-0.4, -0.2) is 51.4 Å². The number of aromatic nitrogens is 1. The fourth-order valence-electron chi connectivity index (χ4n) is 3.00. The molecule has 0 atom stereocenters. The Morgan fingerprint density at radius 3 is 2.54 bits per heavy atom. The molecule has 0 saturated carbocycles. The van der Waals surface area contributed by atoms with E-state index in [2.05, 4.69) is 4.90 Å². The highest BCUT2D eigenvalue weighted by Crippen LogP contribution is 2.16. The first kappa shape index (κ1) is 17.8. The molecule has 1 saturated heterocycles. The van der Waals surface area contributed by atoms with Gasteiger partial charge in [0.25, 0.3) is 17.2 Å². The van der Waals surface area contributed by atoms with E-state index < -0.39 is 4.92 Å². The van der Waals surface area contributed by atoms with Crippen molar-refractivity contribution in [3.63, 3.8) is 0 Å². The van der Waals surface area contributed by atoms with E-state index in [0.29, 0.717) is 38.3 Å². The molecule has 26 heavy (non-hydrogen) atoms. The fraction of sp³-hybridized carbons (Fsp3) is 0.333. The molecule has 0 unspecified atom stereocenters. The number of rotatable bonds is 4. The van der Waals surface area contributed by atoms with Crippen LogP contribution in [0.4, 0.5) is 5.69 Å². The fourth-order valence-corrected chi connectivity index (χ4v) is 3.00. The number of hydrogen-bond acceptors (Lipinski definition) is 5. The first-order chi connectivity index (χ1) is 12.4. The number of amides is 1. The molecule has 1 aromatic carbocycles. The van der Waals surface area contributed by atoms with Gasteiger partial charge in [-0.05, 0) is 11.6 Å². The Morgan fingerprint density at radius 1 is 1.15 bits per heavy atom. The average Bonchev–Trinajstić information content (AvgIpc) is 2.64. The molecule has 1 aliphatic rings. The minimum absolute atomic E-state index is 0.0852. The molecule has 1 amide bonds. The smallest absolute Gasteiger partial charge is 0.269 e. The number of carbonyl (C=O) groups is 1. The average molecular weight is 356 g/mol. The zero-order valence-corrected chi connectivity index (χ0v) is 14.5. The molecule has 2 aromatic rings.